The van der Waals surface area contributed by atoms with Crippen LogP contribution in [0.25, 0.3) is 0 Å². The van der Waals surface area contributed by atoms with Crippen LogP contribution in [-0.2, 0) is 12.5 Å². The van der Waals surface area contributed by atoms with E-state index in [4.69, 9.17) is 16.3 Å². The number of nitrogens with zero attached hydrogens (tertiary/aromatic N) is 5. The molecule has 102 valence electrons. The van der Waals surface area contributed by atoms with Crippen molar-refractivity contribution in [1.29, 1.82) is 0 Å². The van der Waals surface area contributed by atoms with E-state index in [1.165, 1.54) is 0 Å². The highest BCUT2D eigenvalue weighted by atomic mass is 35.5. The Morgan fingerprint density at radius 1 is 1.26 bits per heavy atom. The second-order valence-electron chi connectivity index (χ2n) is 5.32. The van der Waals surface area contributed by atoms with E-state index < -0.39 is 0 Å². The zero-order chi connectivity index (χ0) is 14.2. The molecule has 0 atom stereocenters. The van der Waals surface area contributed by atoms with Crippen LogP contribution in [0.5, 0.6) is 11.9 Å². The first kappa shape index (κ1) is 13.7. The number of hydrogen-bond donors (Lipinski definition) is 0. The number of aromatic nitrogens is 5. The van der Waals surface area contributed by atoms with Crippen LogP contribution in [0.4, 0.5) is 0 Å². The van der Waals surface area contributed by atoms with Crippen molar-refractivity contribution in [2.75, 3.05) is 0 Å². The van der Waals surface area contributed by atoms with Crippen LogP contribution in [-0.4, -0.2) is 24.7 Å². The Morgan fingerprint density at radius 2 is 1.95 bits per heavy atom. The molecule has 0 amide bonds. The molecule has 0 aliphatic carbocycles. The Morgan fingerprint density at radius 3 is 2.47 bits per heavy atom. The van der Waals surface area contributed by atoms with Gasteiger partial charge in [0.25, 0.3) is 0 Å². The summed E-state index contributed by atoms with van der Waals surface area (Å²) < 4.78 is 7.12. The van der Waals surface area contributed by atoms with Crippen molar-refractivity contribution in [1.82, 2.24) is 24.7 Å². The van der Waals surface area contributed by atoms with E-state index >= 15 is 0 Å². The van der Waals surface area contributed by atoms with Crippen LogP contribution in [0.2, 0.25) is 5.15 Å². The molecule has 7 heteroatoms. The molecule has 2 aromatic heterocycles. The van der Waals surface area contributed by atoms with Crippen molar-refractivity contribution in [2.24, 2.45) is 7.05 Å². The van der Waals surface area contributed by atoms with E-state index in [1.54, 1.807) is 25.0 Å². The summed E-state index contributed by atoms with van der Waals surface area (Å²) in [7, 11) is 1.76. The van der Waals surface area contributed by atoms with Gasteiger partial charge in [-0.25, -0.2) is 4.98 Å². The molecule has 0 bridgehead atoms. The number of ether oxygens (including phenoxy) is 1. The van der Waals surface area contributed by atoms with Gasteiger partial charge in [0.1, 0.15) is 17.3 Å². The van der Waals surface area contributed by atoms with Gasteiger partial charge in [-0.2, -0.15) is 9.97 Å². The standard InChI is InChI=1S/C12H16ClN5O/c1-7-8(13)15-10(12(2,3)4)16-9(7)19-11-14-6-18(5)17-11/h6H,1-5H3. The fourth-order valence-corrected chi connectivity index (χ4v) is 1.52. The molecule has 0 saturated heterocycles. The quantitative estimate of drug-likeness (QED) is 0.792. The maximum absolute atomic E-state index is 6.12. The summed E-state index contributed by atoms with van der Waals surface area (Å²) in [4.78, 5) is 12.7. The first-order chi connectivity index (χ1) is 8.77. The van der Waals surface area contributed by atoms with E-state index in [-0.39, 0.29) is 11.4 Å². The average Bonchev–Trinajstić information content (AvgIpc) is 2.69. The highest BCUT2D eigenvalue weighted by molar-refractivity contribution is 6.30. The highest BCUT2D eigenvalue weighted by Gasteiger charge is 2.22. The number of aryl methyl sites for hydroxylation is 1. The minimum absolute atomic E-state index is 0.215. The van der Waals surface area contributed by atoms with E-state index in [1.807, 2.05) is 20.8 Å². The molecule has 6 nitrogen and oxygen atoms in total. The van der Waals surface area contributed by atoms with Crippen LogP contribution in [0.15, 0.2) is 6.33 Å². The Kier molecular flexibility index (Phi) is 3.45. The minimum Gasteiger partial charge on any atom is -0.404 e. The maximum Gasteiger partial charge on any atom is 0.342 e. The first-order valence-electron chi connectivity index (χ1n) is 5.85. The van der Waals surface area contributed by atoms with Gasteiger partial charge in [0.15, 0.2) is 0 Å². The average molecular weight is 282 g/mol. The number of rotatable bonds is 2. The summed E-state index contributed by atoms with van der Waals surface area (Å²) >= 11 is 6.12. The van der Waals surface area contributed by atoms with Crippen molar-refractivity contribution in [3.63, 3.8) is 0 Å². The van der Waals surface area contributed by atoms with Gasteiger partial charge in [-0.3, -0.25) is 4.68 Å². The molecule has 2 aromatic rings. The third-order valence-corrected chi connectivity index (χ3v) is 2.85. The third-order valence-electron chi connectivity index (χ3n) is 2.48. The number of hydrogen-bond acceptors (Lipinski definition) is 5. The van der Waals surface area contributed by atoms with E-state index in [0.29, 0.717) is 22.4 Å². The zero-order valence-electron chi connectivity index (χ0n) is 11.6. The normalized spacial score (nSPS) is 11.7. The molecule has 0 aliphatic rings. The van der Waals surface area contributed by atoms with Gasteiger partial charge in [-0.1, -0.05) is 32.4 Å². The lowest BCUT2D eigenvalue weighted by atomic mass is 9.96. The van der Waals surface area contributed by atoms with Crippen LogP contribution in [0, 0.1) is 6.92 Å². The Labute approximate surface area is 116 Å². The lowest BCUT2D eigenvalue weighted by molar-refractivity contribution is 0.408. The van der Waals surface area contributed by atoms with Gasteiger partial charge >= 0.3 is 6.01 Å². The molecule has 0 unspecified atom stereocenters. The molecule has 0 N–H and O–H groups in total. The van der Waals surface area contributed by atoms with Crippen LogP contribution >= 0.6 is 11.6 Å². The van der Waals surface area contributed by atoms with Gasteiger partial charge in [-0.15, -0.1) is 5.10 Å². The lowest BCUT2D eigenvalue weighted by Crippen LogP contribution is -2.17. The van der Waals surface area contributed by atoms with Crippen LogP contribution < -0.4 is 4.74 Å². The van der Waals surface area contributed by atoms with Crippen molar-refractivity contribution in [3.8, 4) is 11.9 Å². The van der Waals surface area contributed by atoms with E-state index in [0.717, 1.165) is 0 Å². The molecule has 0 aliphatic heterocycles. The minimum atomic E-state index is -0.215. The molecule has 0 radical (unpaired) electrons. The van der Waals surface area contributed by atoms with Gasteiger partial charge in [0, 0.05) is 18.0 Å². The molecule has 0 saturated carbocycles. The van der Waals surface area contributed by atoms with E-state index in [9.17, 15) is 0 Å². The van der Waals surface area contributed by atoms with E-state index in [2.05, 4.69) is 20.1 Å². The predicted molar refractivity (Wildman–Crippen MR) is 71.6 cm³/mol. The molecule has 0 aromatic carbocycles. The molecule has 19 heavy (non-hydrogen) atoms. The maximum atomic E-state index is 6.12. The van der Waals surface area contributed by atoms with Crippen molar-refractivity contribution in [3.05, 3.63) is 22.9 Å². The van der Waals surface area contributed by atoms with Gasteiger partial charge in [0.05, 0.1) is 0 Å². The summed E-state index contributed by atoms with van der Waals surface area (Å²) in [6.45, 7) is 7.83. The molecule has 2 rings (SSSR count). The fraction of sp³-hybridized carbons (Fsp3) is 0.500. The molecule has 0 fully saturated rings. The summed E-state index contributed by atoms with van der Waals surface area (Å²) in [6.07, 6.45) is 1.55. The Bertz CT molecular complexity index is 603. The summed E-state index contributed by atoms with van der Waals surface area (Å²) in [5.41, 5.74) is 0.453. The molecule has 2 heterocycles. The highest BCUT2D eigenvalue weighted by Crippen LogP contribution is 2.29. The Hall–Kier alpha value is -1.69. The van der Waals surface area contributed by atoms with Gasteiger partial charge in [0.2, 0.25) is 5.88 Å². The Balaban J connectivity index is 2.41. The van der Waals surface area contributed by atoms with Crippen LogP contribution in [0.3, 0.4) is 0 Å². The second-order valence-corrected chi connectivity index (χ2v) is 5.68. The topological polar surface area (TPSA) is 65.7 Å². The third kappa shape index (κ3) is 3.01. The summed E-state index contributed by atoms with van der Waals surface area (Å²) in [6, 6.07) is 0.236. The summed E-state index contributed by atoms with van der Waals surface area (Å²) in [5.74, 6) is 1.00. The predicted octanol–water partition coefficient (Wildman–Crippen LogP) is 2.66. The summed E-state index contributed by atoms with van der Waals surface area (Å²) in [5, 5.41) is 4.43. The molecule has 0 spiro atoms. The van der Waals surface area contributed by atoms with Gasteiger partial charge in [-0.05, 0) is 6.92 Å². The fourth-order valence-electron chi connectivity index (χ4n) is 1.36. The van der Waals surface area contributed by atoms with Crippen molar-refractivity contribution in [2.45, 2.75) is 33.1 Å². The lowest BCUT2D eigenvalue weighted by Gasteiger charge is -2.18. The SMILES string of the molecule is Cc1c(Cl)nc(C(C)(C)C)nc1Oc1ncn(C)n1. The van der Waals surface area contributed by atoms with Crippen molar-refractivity contribution >= 4 is 11.6 Å². The first-order valence-corrected chi connectivity index (χ1v) is 6.23. The largest absolute Gasteiger partial charge is 0.404 e. The zero-order valence-corrected chi connectivity index (χ0v) is 12.4. The second kappa shape index (κ2) is 4.77. The molecular weight excluding hydrogens is 266 g/mol. The van der Waals surface area contributed by atoms with Gasteiger partial charge < -0.3 is 4.74 Å². The smallest absolute Gasteiger partial charge is 0.342 e. The van der Waals surface area contributed by atoms with Crippen molar-refractivity contribution < 1.29 is 4.74 Å². The molecular formula is C12H16ClN5O. The number of halogens is 1. The monoisotopic (exact) mass is 281 g/mol. The van der Waals surface area contributed by atoms with Crippen LogP contribution in [0.1, 0.15) is 32.2 Å².